The first-order valence-electron chi connectivity index (χ1n) is 5.99. The summed E-state index contributed by atoms with van der Waals surface area (Å²) in [5, 5.41) is -2.12. The van der Waals surface area contributed by atoms with E-state index in [1.54, 1.807) is 0 Å². The first-order chi connectivity index (χ1) is 10.8. The van der Waals surface area contributed by atoms with E-state index in [1.807, 2.05) is 0 Å². The van der Waals surface area contributed by atoms with E-state index in [-0.39, 0.29) is 0 Å². The Morgan fingerprint density at radius 2 is 1.38 bits per heavy atom. The third-order valence-electron chi connectivity index (χ3n) is 2.82. The van der Waals surface area contributed by atoms with Crippen molar-refractivity contribution in [3.8, 4) is 0 Å². The van der Waals surface area contributed by atoms with Crippen molar-refractivity contribution in [3.05, 3.63) is 28.8 Å². The highest BCUT2D eigenvalue weighted by Gasteiger charge is 2.56. The van der Waals surface area contributed by atoms with Crippen LogP contribution in [0.5, 0.6) is 0 Å². The van der Waals surface area contributed by atoms with Gasteiger partial charge in [0, 0.05) is 6.61 Å². The topological polar surface area (TPSA) is 9.23 Å². The summed E-state index contributed by atoms with van der Waals surface area (Å²) in [7, 11) is -5.57. The van der Waals surface area contributed by atoms with Gasteiger partial charge in [-0.2, -0.15) is 13.2 Å². The van der Waals surface area contributed by atoms with Crippen LogP contribution < -0.4 is 5.19 Å². The number of rotatable bonds is 5. The molecule has 0 bridgehead atoms. The monoisotopic (exact) mass is 408 g/mol. The van der Waals surface area contributed by atoms with E-state index in [2.05, 4.69) is 4.43 Å². The van der Waals surface area contributed by atoms with Crippen molar-refractivity contribution >= 4 is 23.9 Å². The zero-order valence-electron chi connectivity index (χ0n) is 11.4. The number of halogens is 11. The highest BCUT2D eigenvalue weighted by molar-refractivity contribution is 7.24. The highest BCUT2D eigenvalue weighted by atomic mass is 35.6. The number of benzene rings is 1. The summed E-state index contributed by atoms with van der Waals surface area (Å²) < 4.78 is 135. The molecule has 1 rings (SSSR count). The van der Waals surface area contributed by atoms with Crippen LogP contribution in [-0.2, 0) is 10.6 Å². The molecule has 2 atom stereocenters. The SMILES string of the molecule is CCO[Si](Cl)(c1c(F)c(F)c(C(F)(F)F)c(F)c1F)C(F)C(F)F. The van der Waals surface area contributed by atoms with Crippen molar-refractivity contribution in [2.45, 2.75) is 25.3 Å². The third-order valence-corrected chi connectivity index (χ3v) is 7.13. The molecule has 138 valence electrons. The maximum atomic E-state index is 13.9. The Hall–Kier alpha value is -1.01. The van der Waals surface area contributed by atoms with Gasteiger partial charge >= 0.3 is 13.8 Å². The predicted octanol–water partition coefficient (Wildman–Crippen LogP) is 4.33. The van der Waals surface area contributed by atoms with Gasteiger partial charge in [-0.3, -0.25) is 0 Å². The average molecular weight is 409 g/mol. The molecular formula is C11H7ClF10OSi. The first kappa shape index (κ1) is 21.0. The fraction of sp³-hybridized carbons (Fsp3) is 0.455. The summed E-state index contributed by atoms with van der Waals surface area (Å²) in [6.07, 6.45) is -9.80. The molecule has 0 heterocycles. The molecule has 0 aromatic heterocycles. The second-order valence-corrected chi connectivity index (χ2v) is 8.63. The maximum absolute atomic E-state index is 13.9. The molecule has 0 aliphatic heterocycles. The molecule has 1 nitrogen and oxygen atoms in total. The van der Waals surface area contributed by atoms with Crippen molar-refractivity contribution in [1.29, 1.82) is 0 Å². The average Bonchev–Trinajstić information content (AvgIpc) is 2.43. The largest absolute Gasteiger partial charge is 0.422 e. The molecule has 1 aromatic carbocycles. The molecule has 0 spiro atoms. The second kappa shape index (κ2) is 7.08. The van der Waals surface area contributed by atoms with Gasteiger partial charge in [-0.05, 0) is 6.92 Å². The molecule has 1 aromatic rings. The summed E-state index contributed by atoms with van der Waals surface area (Å²) in [4.78, 5) is 0. The number of alkyl halides is 6. The molecule has 24 heavy (non-hydrogen) atoms. The number of hydrogen-bond acceptors (Lipinski definition) is 1. The molecular weight excluding hydrogens is 402 g/mol. The Kier molecular flexibility index (Phi) is 6.20. The van der Waals surface area contributed by atoms with Crippen LogP contribution in [0.15, 0.2) is 0 Å². The minimum atomic E-state index is -5.84. The fourth-order valence-electron chi connectivity index (χ4n) is 1.84. The molecule has 0 saturated heterocycles. The van der Waals surface area contributed by atoms with Gasteiger partial charge < -0.3 is 4.43 Å². The zero-order valence-corrected chi connectivity index (χ0v) is 13.2. The molecule has 0 radical (unpaired) electrons. The lowest BCUT2D eigenvalue weighted by Crippen LogP contribution is -2.60. The predicted molar refractivity (Wildman–Crippen MR) is 65.0 cm³/mol. The molecule has 2 unspecified atom stereocenters. The number of hydrogen-bond donors (Lipinski definition) is 0. The van der Waals surface area contributed by atoms with E-state index in [0.29, 0.717) is 0 Å². The standard InChI is InChI=1S/C11H7ClF10OSi/c1-2-23-24(12,10(19)9(17)18)8-6(15)4(13)3(11(20,21)22)5(14)7(8)16/h9-10H,2H2,1H3. The third kappa shape index (κ3) is 3.49. The lowest BCUT2D eigenvalue weighted by molar-refractivity contribution is -0.143. The van der Waals surface area contributed by atoms with Crippen LogP contribution in [0, 0.1) is 23.3 Å². The molecule has 0 fully saturated rings. The van der Waals surface area contributed by atoms with E-state index in [4.69, 9.17) is 11.1 Å². The Morgan fingerprint density at radius 1 is 0.958 bits per heavy atom. The van der Waals surface area contributed by atoms with E-state index in [0.717, 1.165) is 6.92 Å². The lowest BCUT2D eigenvalue weighted by atomic mass is 10.1. The van der Waals surface area contributed by atoms with E-state index in [1.165, 1.54) is 0 Å². The Balaban J connectivity index is 3.82. The first-order valence-corrected chi connectivity index (χ1v) is 8.99. The van der Waals surface area contributed by atoms with Crippen LogP contribution >= 0.6 is 11.1 Å². The summed E-state index contributed by atoms with van der Waals surface area (Å²) >= 11 is 5.40. The normalized spacial score (nSPS) is 16.4. The summed E-state index contributed by atoms with van der Waals surface area (Å²) in [6, 6.07) is 0. The molecule has 13 heteroatoms. The van der Waals surface area contributed by atoms with Gasteiger partial charge in [-0.15, -0.1) is 11.1 Å². The van der Waals surface area contributed by atoms with Crippen molar-refractivity contribution in [2.75, 3.05) is 6.61 Å². The quantitative estimate of drug-likeness (QED) is 0.305. The van der Waals surface area contributed by atoms with E-state index in [9.17, 15) is 43.9 Å². The van der Waals surface area contributed by atoms with Gasteiger partial charge in [-0.25, -0.2) is 30.7 Å². The smallest absolute Gasteiger partial charge is 0.398 e. The fourth-order valence-corrected chi connectivity index (χ4v) is 5.09. The van der Waals surface area contributed by atoms with Crippen LogP contribution in [0.2, 0.25) is 0 Å². The molecule has 0 aliphatic carbocycles. The van der Waals surface area contributed by atoms with Gasteiger partial charge in [0.15, 0.2) is 29.1 Å². The minimum absolute atomic E-state index is 0.702. The highest BCUT2D eigenvalue weighted by Crippen LogP contribution is 2.37. The van der Waals surface area contributed by atoms with Crippen LogP contribution in [0.1, 0.15) is 12.5 Å². The van der Waals surface area contributed by atoms with Crippen molar-refractivity contribution < 1.29 is 48.3 Å². The summed E-state index contributed by atoms with van der Waals surface area (Å²) in [5.74, 6) is -14.9. The Labute approximate surface area is 134 Å². The van der Waals surface area contributed by atoms with Crippen molar-refractivity contribution in [2.24, 2.45) is 0 Å². The van der Waals surface area contributed by atoms with Crippen molar-refractivity contribution in [1.82, 2.24) is 0 Å². The van der Waals surface area contributed by atoms with Gasteiger partial charge in [0.2, 0.25) is 0 Å². The Bertz CT molecular complexity index is 593. The molecule has 0 saturated carbocycles. The maximum Gasteiger partial charge on any atom is 0.422 e. The van der Waals surface area contributed by atoms with Gasteiger partial charge in [0.05, 0.1) is 5.19 Å². The van der Waals surface area contributed by atoms with E-state index < -0.39 is 66.6 Å². The second-order valence-electron chi connectivity index (χ2n) is 4.32. The summed E-state index contributed by atoms with van der Waals surface area (Å²) in [6.45, 7) is 0.334. The van der Waals surface area contributed by atoms with Gasteiger partial charge in [0.25, 0.3) is 6.43 Å². The summed E-state index contributed by atoms with van der Waals surface area (Å²) in [5.41, 5.74) is -2.93. The van der Waals surface area contributed by atoms with Gasteiger partial charge in [-0.1, -0.05) is 0 Å². The van der Waals surface area contributed by atoms with Crippen LogP contribution in [0.4, 0.5) is 43.9 Å². The van der Waals surface area contributed by atoms with Crippen LogP contribution in [0.3, 0.4) is 0 Å². The minimum Gasteiger partial charge on any atom is -0.398 e. The lowest BCUT2D eigenvalue weighted by Gasteiger charge is -2.28. The van der Waals surface area contributed by atoms with Crippen LogP contribution in [0.25, 0.3) is 0 Å². The molecule has 0 N–H and O–H groups in total. The Morgan fingerprint density at radius 3 is 1.67 bits per heavy atom. The zero-order chi connectivity index (χ0) is 19.0. The van der Waals surface area contributed by atoms with Gasteiger partial charge in [0.1, 0.15) is 5.56 Å². The molecule has 0 amide bonds. The molecule has 0 aliphatic rings. The van der Waals surface area contributed by atoms with Crippen molar-refractivity contribution in [3.63, 3.8) is 0 Å². The van der Waals surface area contributed by atoms with E-state index >= 15 is 0 Å². The van der Waals surface area contributed by atoms with Crippen LogP contribution in [-0.4, -0.2) is 26.5 Å².